The SMILES string of the molecule is Cc1nnc(CC(=O)N(Cc2ccc(-c3noc(C(F)(F)F)n3)cc2)c2cccc(C(F)(F)F)c2)n1C. The molecule has 0 unspecified atom stereocenters. The van der Waals surface area contributed by atoms with Crippen molar-refractivity contribution in [1.82, 2.24) is 24.9 Å². The smallest absolute Gasteiger partial charge is 0.329 e. The molecule has 0 atom stereocenters. The monoisotopic (exact) mass is 524 g/mol. The molecule has 0 radical (unpaired) electrons. The van der Waals surface area contributed by atoms with Crippen LogP contribution in [0.5, 0.6) is 0 Å². The van der Waals surface area contributed by atoms with E-state index in [1.54, 1.807) is 18.5 Å². The van der Waals surface area contributed by atoms with E-state index in [4.69, 9.17) is 0 Å². The third-order valence-corrected chi connectivity index (χ3v) is 5.50. The van der Waals surface area contributed by atoms with Crippen molar-refractivity contribution in [2.24, 2.45) is 7.05 Å². The molecule has 0 aliphatic carbocycles. The van der Waals surface area contributed by atoms with E-state index in [-0.39, 0.29) is 30.0 Å². The number of carbonyl (C=O) groups excluding carboxylic acids is 1. The number of hydrogen-bond acceptors (Lipinski definition) is 6. The Kier molecular flexibility index (Phi) is 6.76. The molecule has 0 bridgehead atoms. The van der Waals surface area contributed by atoms with Gasteiger partial charge in [0, 0.05) is 18.3 Å². The van der Waals surface area contributed by atoms with Crippen LogP contribution in [0.25, 0.3) is 11.4 Å². The summed E-state index contributed by atoms with van der Waals surface area (Å²) in [7, 11) is 1.66. The Labute approximate surface area is 205 Å². The Morgan fingerprint density at radius 3 is 2.27 bits per heavy atom. The molecule has 2 heterocycles. The maximum absolute atomic E-state index is 13.3. The largest absolute Gasteiger partial charge is 0.471 e. The summed E-state index contributed by atoms with van der Waals surface area (Å²) in [4.78, 5) is 17.7. The number of alkyl halides is 6. The number of carbonyl (C=O) groups is 1. The zero-order valence-electron chi connectivity index (χ0n) is 19.3. The normalized spacial score (nSPS) is 12.1. The van der Waals surface area contributed by atoms with Crippen molar-refractivity contribution in [3.63, 3.8) is 0 Å². The number of anilines is 1. The predicted octanol–water partition coefficient (Wildman–Crippen LogP) is 4.99. The van der Waals surface area contributed by atoms with Crippen LogP contribution in [0.1, 0.15) is 28.7 Å². The maximum Gasteiger partial charge on any atom is 0.471 e. The topological polar surface area (TPSA) is 89.9 Å². The van der Waals surface area contributed by atoms with Gasteiger partial charge in [-0.25, -0.2) is 0 Å². The van der Waals surface area contributed by atoms with E-state index < -0.39 is 29.7 Å². The Bertz CT molecular complexity index is 1410. The van der Waals surface area contributed by atoms with E-state index in [2.05, 4.69) is 24.9 Å². The summed E-state index contributed by atoms with van der Waals surface area (Å²) in [5, 5.41) is 11.1. The van der Waals surface area contributed by atoms with Crippen LogP contribution in [-0.2, 0) is 37.2 Å². The second-order valence-electron chi connectivity index (χ2n) is 8.05. The lowest BCUT2D eigenvalue weighted by atomic mass is 10.1. The van der Waals surface area contributed by atoms with Gasteiger partial charge in [-0.2, -0.15) is 31.3 Å². The van der Waals surface area contributed by atoms with Gasteiger partial charge in [0.25, 0.3) is 0 Å². The molecule has 2 aromatic carbocycles. The van der Waals surface area contributed by atoms with Gasteiger partial charge in [0.05, 0.1) is 18.5 Å². The summed E-state index contributed by atoms with van der Waals surface area (Å²) in [5.74, 6) is -1.44. The Balaban J connectivity index is 1.63. The molecular weight excluding hydrogens is 506 g/mol. The predicted molar refractivity (Wildman–Crippen MR) is 117 cm³/mol. The summed E-state index contributed by atoms with van der Waals surface area (Å²) in [6, 6.07) is 10.2. The van der Waals surface area contributed by atoms with Crippen LogP contribution in [0, 0.1) is 6.92 Å². The number of rotatable bonds is 6. The van der Waals surface area contributed by atoms with E-state index in [9.17, 15) is 31.1 Å². The molecule has 0 saturated carbocycles. The van der Waals surface area contributed by atoms with E-state index >= 15 is 0 Å². The maximum atomic E-state index is 13.3. The van der Waals surface area contributed by atoms with Crippen LogP contribution in [0.2, 0.25) is 0 Å². The molecule has 8 nitrogen and oxygen atoms in total. The fraction of sp³-hybridized carbons (Fsp3) is 0.261. The molecule has 4 rings (SSSR count). The van der Waals surface area contributed by atoms with Crippen LogP contribution in [0.3, 0.4) is 0 Å². The van der Waals surface area contributed by atoms with Crippen molar-refractivity contribution < 1.29 is 35.7 Å². The summed E-state index contributed by atoms with van der Waals surface area (Å²) in [6.45, 7) is 1.56. The molecule has 37 heavy (non-hydrogen) atoms. The number of amides is 1. The van der Waals surface area contributed by atoms with Gasteiger partial charge in [0.1, 0.15) is 11.6 Å². The highest BCUT2D eigenvalue weighted by molar-refractivity contribution is 5.94. The number of aryl methyl sites for hydroxylation is 1. The van der Waals surface area contributed by atoms with Gasteiger partial charge in [-0.1, -0.05) is 35.5 Å². The molecule has 0 fully saturated rings. The minimum absolute atomic E-state index is 0.00998. The molecule has 0 N–H and O–H groups in total. The highest BCUT2D eigenvalue weighted by atomic mass is 19.4. The lowest BCUT2D eigenvalue weighted by molar-refractivity contribution is -0.159. The van der Waals surface area contributed by atoms with Gasteiger partial charge in [0.2, 0.25) is 11.7 Å². The Morgan fingerprint density at radius 1 is 1.00 bits per heavy atom. The third-order valence-electron chi connectivity index (χ3n) is 5.50. The van der Waals surface area contributed by atoms with Gasteiger partial charge in [0.15, 0.2) is 0 Å². The van der Waals surface area contributed by atoms with E-state index in [0.717, 1.165) is 12.1 Å². The van der Waals surface area contributed by atoms with E-state index in [1.165, 1.54) is 41.3 Å². The van der Waals surface area contributed by atoms with E-state index in [1.807, 2.05) is 0 Å². The number of aromatic nitrogens is 5. The zero-order valence-corrected chi connectivity index (χ0v) is 19.3. The fourth-order valence-electron chi connectivity index (χ4n) is 3.41. The van der Waals surface area contributed by atoms with Crippen LogP contribution >= 0.6 is 0 Å². The van der Waals surface area contributed by atoms with Crippen LogP contribution in [-0.4, -0.2) is 30.8 Å². The van der Waals surface area contributed by atoms with Crippen molar-refractivity contribution >= 4 is 11.6 Å². The highest BCUT2D eigenvalue weighted by Gasteiger charge is 2.38. The van der Waals surface area contributed by atoms with Crippen molar-refractivity contribution in [3.05, 3.63) is 77.2 Å². The van der Waals surface area contributed by atoms with Crippen molar-refractivity contribution in [2.75, 3.05) is 4.90 Å². The quantitative estimate of drug-likeness (QED) is 0.331. The van der Waals surface area contributed by atoms with Gasteiger partial charge >= 0.3 is 18.2 Å². The lowest BCUT2D eigenvalue weighted by Crippen LogP contribution is -2.32. The minimum Gasteiger partial charge on any atom is -0.329 e. The van der Waals surface area contributed by atoms with Gasteiger partial charge in [-0.05, 0) is 30.7 Å². The molecule has 0 aliphatic rings. The van der Waals surface area contributed by atoms with Crippen molar-refractivity contribution in [1.29, 1.82) is 0 Å². The first-order valence-electron chi connectivity index (χ1n) is 10.7. The van der Waals surface area contributed by atoms with E-state index in [0.29, 0.717) is 17.2 Å². The summed E-state index contributed by atoms with van der Waals surface area (Å²) >= 11 is 0. The van der Waals surface area contributed by atoms with Crippen molar-refractivity contribution in [2.45, 2.75) is 32.2 Å². The molecule has 0 aliphatic heterocycles. The Hall–Kier alpha value is -4.23. The first-order valence-corrected chi connectivity index (χ1v) is 10.7. The number of benzene rings is 2. The average Bonchev–Trinajstić information content (AvgIpc) is 3.46. The average molecular weight is 524 g/mol. The Morgan fingerprint density at radius 2 is 1.70 bits per heavy atom. The van der Waals surface area contributed by atoms with Crippen LogP contribution < -0.4 is 4.90 Å². The molecule has 0 spiro atoms. The second kappa shape index (κ2) is 9.67. The molecule has 4 aromatic rings. The molecule has 14 heteroatoms. The highest BCUT2D eigenvalue weighted by Crippen LogP contribution is 2.33. The van der Waals surface area contributed by atoms with Gasteiger partial charge in [-0.3, -0.25) is 4.79 Å². The molecule has 2 aromatic heterocycles. The second-order valence-corrected chi connectivity index (χ2v) is 8.05. The number of hydrogen-bond donors (Lipinski definition) is 0. The third kappa shape index (κ3) is 5.78. The van der Waals surface area contributed by atoms with Crippen molar-refractivity contribution in [3.8, 4) is 11.4 Å². The van der Waals surface area contributed by atoms with Crippen LogP contribution in [0.15, 0.2) is 53.1 Å². The standard InChI is InChI=1S/C23H18F6N6O2/c1-13-31-32-18(34(13)2)11-19(36)35(17-5-3-4-16(10-17)22(24,25)26)12-14-6-8-15(9-7-14)20-30-21(37-33-20)23(27,28)29/h3-10H,11-12H2,1-2H3. The number of nitrogens with zero attached hydrogens (tertiary/aromatic N) is 6. The minimum atomic E-state index is -4.79. The van der Waals surface area contributed by atoms with Gasteiger partial charge in [-0.15, -0.1) is 10.2 Å². The summed E-state index contributed by atoms with van der Waals surface area (Å²) < 4.78 is 84.0. The van der Waals surface area contributed by atoms with Crippen LogP contribution in [0.4, 0.5) is 32.0 Å². The van der Waals surface area contributed by atoms with Gasteiger partial charge < -0.3 is 14.0 Å². The molecular formula is C23H18F6N6O2. The molecule has 0 saturated heterocycles. The molecule has 1 amide bonds. The first kappa shape index (κ1) is 25.9. The molecule has 194 valence electrons. The number of halogens is 6. The lowest BCUT2D eigenvalue weighted by Gasteiger charge is -2.24. The summed E-state index contributed by atoms with van der Waals surface area (Å²) in [5.41, 5.74) is -0.210. The summed E-state index contributed by atoms with van der Waals surface area (Å²) in [6.07, 6.45) is -9.64. The zero-order chi connectivity index (χ0) is 27.0. The fourth-order valence-corrected chi connectivity index (χ4v) is 3.41. The first-order chi connectivity index (χ1) is 17.3.